The second-order valence-corrected chi connectivity index (χ2v) is 6.35. The fourth-order valence-electron chi connectivity index (χ4n) is 3.71. The Morgan fingerprint density at radius 1 is 0.917 bits per heavy atom. The molecule has 2 aliphatic rings. The first-order valence-electron chi connectivity index (χ1n) is 8.10. The Kier molecular flexibility index (Phi) is 3.67. The summed E-state index contributed by atoms with van der Waals surface area (Å²) in [5.41, 5.74) is 5.27. The van der Waals surface area contributed by atoms with Crippen LogP contribution in [0, 0.1) is 5.92 Å². The van der Waals surface area contributed by atoms with Gasteiger partial charge in [-0.3, -0.25) is 14.5 Å². The molecule has 0 saturated carbocycles. The Hall–Kier alpha value is -2.50. The monoisotopic (exact) mass is 321 g/mol. The number of hydrogen-bond donors (Lipinski definition) is 1. The van der Waals surface area contributed by atoms with E-state index in [0.717, 1.165) is 11.1 Å². The predicted molar refractivity (Wildman–Crippen MR) is 89.4 cm³/mol. The van der Waals surface area contributed by atoms with Crippen LogP contribution >= 0.6 is 0 Å². The number of amides is 2. The first-order valence-corrected chi connectivity index (χ1v) is 8.10. The van der Waals surface area contributed by atoms with Crippen LogP contribution in [0.4, 0.5) is 0 Å². The molecular weight excluding hydrogens is 302 g/mol. The highest BCUT2D eigenvalue weighted by atomic mass is 16.2. The van der Waals surface area contributed by atoms with Gasteiger partial charge in [0.05, 0.1) is 18.5 Å². The zero-order valence-electron chi connectivity index (χ0n) is 13.4. The number of rotatable bonds is 3. The first-order chi connectivity index (χ1) is 11.7. The smallest absolute Gasteiger partial charge is 0.249 e. The second-order valence-electron chi connectivity index (χ2n) is 6.35. The Morgan fingerprint density at radius 3 is 2.21 bits per heavy atom. The van der Waals surface area contributed by atoms with Gasteiger partial charge in [-0.05, 0) is 11.1 Å². The van der Waals surface area contributed by atoms with Crippen LogP contribution in [0.3, 0.4) is 0 Å². The first kappa shape index (κ1) is 15.1. The molecular formula is C19H19N3O2. The third kappa shape index (κ3) is 2.33. The van der Waals surface area contributed by atoms with E-state index in [0.29, 0.717) is 6.54 Å². The highest BCUT2D eigenvalue weighted by Gasteiger charge is 2.57. The average Bonchev–Trinajstić information content (AvgIpc) is 3.08. The van der Waals surface area contributed by atoms with Crippen molar-refractivity contribution in [3.63, 3.8) is 0 Å². The molecule has 2 aromatic carbocycles. The fraction of sp³-hybridized carbons (Fsp3) is 0.263. The molecule has 0 bridgehead atoms. The minimum absolute atomic E-state index is 0.0976. The van der Waals surface area contributed by atoms with Gasteiger partial charge in [-0.2, -0.15) is 0 Å². The third-order valence-electron chi connectivity index (χ3n) is 4.87. The summed E-state index contributed by atoms with van der Waals surface area (Å²) in [6.45, 7) is 0.334. The summed E-state index contributed by atoms with van der Waals surface area (Å²) in [7, 11) is 1.83. The van der Waals surface area contributed by atoms with E-state index >= 15 is 0 Å². The van der Waals surface area contributed by atoms with E-state index in [2.05, 4.69) is 5.43 Å². The molecule has 3 atom stereocenters. The van der Waals surface area contributed by atoms with Crippen LogP contribution in [0.15, 0.2) is 60.7 Å². The Bertz CT molecular complexity index is 763. The van der Waals surface area contributed by atoms with E-state index in [1.54, 1.807) is 5.01 Å². The lowest BCUT2D eigenvalue weighted by Crippen LogP contribution is -2.42. The maximum absolute atomic E-state index is 13.0. The number of carbonyl (C=O) groups is 2. The van der Waals surface area contributed by atoms with Gasteiger partial charge in [0.2, 0.25) is 11.8 Å². The number of benzene rings is 2. The zero-order valence-corrected chi connectivity index (χ0v) is 13.4. The van der Waals surface area contributed by atoms with Crippen LogP contribution < -0.4 is 5.43 Å². The van der Waals surface area contributed by atoms with Gasteiger partial charge in [0.25, 0.3) is 0 Å². The van der Waals surface area contributed by atoms with Crippen LogP contribution in [0.2, 0.25) is 0 Å². The summed E-state index contributed by atoms with van der Waals surface area (Å²) in [5.74, 6) is -0.601. The highest BCUT2D eigenvalue weighted by molar-refractivity contribution is 6.07. The van der Waals surface area contributed by atoms with E-state index in [1.165, 1.54) is 4.90 Å². The van der Waals surface area contributed by atoms with E-state index in [9.17, 15) is 9.59 Å². The summed E-state index contributed by atoms with van der Waals surface area (Å²) < 4.78 is 0. The summed E-state index contributed by atoms with van der Waals surface area (Å²) in [5, 5.41) is 1.79. The van der Waals surface area contributed by atoms with Gasteiger partial charge in [0, 0.05) is 7.05 Å². The van der Waals surface area contributed by atoms with Gasteiger partial charge in [-0.25, -0.2) is 10.4 Å². The van der Waals surface area contributed by atoms with Gasteiger partial charge in [0.15, 0.2) is 0 Å². The van der Waals surface area contributed by atoms with Gasteiger partial charge in [-0.1, -0.05) is 60.7 Å². The summed E-state index contributed by atoms with van der Waals surface area (Å²) >= 11 is 0. The molecule has 0 spiro atoms. The van der Waals surface area contributed by atoms with Gasteiger partial charge in [0.1, 0.15) is 6.04 Å². The molecule has 1 N–H and O–H groups in total. The summed E-state index contributed by atoms with van der Waals surface area (Å²) in [4.78, 5) is 27.2. The van der Waals surface area contributed by atoms with Gasteiger partial charge < -0.3 is 0 Å². The SMILES string of the molecule is CN1NC(c2ccccc2)C2C(=O)N(Cc3ccccc3)C(=O)C21. The summed E-state index contributed by atoms with van der Waals surface area (Å²) in [6, 6.07) is 18.9. The van der Waals surface area contributed by atoms with Crippen molar-refractivity contribution in [2.75, 3.05) is 7.05 Å². The number of hydrogen-bond acceptors (Lipinski definition) is 4. The number of nitrogens with one attached hydrogen (secondary N) is 1. The number of imide groups is 1. The maximum atomic E-state index is 13.0. The predicted octanol–water partition coefficient (Wildman–Crippen LogP) is 1.73. The number of likely N-dealkylation sites (N-methyl/N-ethyl adjacent to an activating group) is 1. The number of fused-ring (bicyclic) bond motifs is 1. The van der Waals surface area contributed by atoms with Crippen molar-refractivity contribution in [2.45, 2.75) is 18.6 Å². The van der Waals surface area contributed by atoms with Gasteiger partial charge >= 0.3 is 0 Å². The number of likely N-dealkylation sites (tertiary alicyclic amines) is 1. The molecule has 4 rings (SSSR count). The molecule has 3 unspecified atom stereocenters. The molecule has 2 aromatic rings. The van der Waals surface area contributed by atoms with Crippen molar-refractivity contribution in [3.05, 3.63) is 71.8 Å². The molecule has 0 radical (unpaired) electrons. The quantitative estimate of drug-likeness (QED) is 0.875. The molecule has 5 nitrogen and oxygen atoms in total. The second kappa shape index (κ2) is 5.85. The molecule has 122 valence electrons. The minimum atomic E-state index is -0.439. The molecule has 2 saturated heterocycles. The highest BCUT2D eigenvalue weighted by Crippen LogP contribution is 2.39. The normalized spacial score (nSPS) is 26.9. The standard InChI is InChI=1S/C19H19N3O2/c1-21-17-15(16(20-21)14-10-6-3-7-11-14)18(23)22(19(17)24)12-13-8-4-2-5-9-13/h2-11,15-17,20H,12H2,1H3. The van der Waals surface area contributed by atoms with Gasteiger partial charge in [-0.15, -0.1) is 0 Å². The van der Waals surface area contributed by atoms with Crippen LogP contribution in [0.1, 0.15) is 17.2 Å². The Balaban J connectivity index is 1.64. The molecule has 0 aromatic heterocycles. The van der Waals surface area contributed by atoms with Crippen LogP contribution in [-0.4, -0.2) is 34.8 Å². The third-order valence-corrected chi connectivity index (χ3v) is 4.87. The van der Waals surface area contributed by atoms with Crippen molar-refractivity contribution < 1.29 is 9.59 Å². The number of hydrazine groups is 1. The van der Waals surface area contributed by atoms with Crippen LogP contribution in [0.25, 0.3) is 0 Å². The molecule has 2 heterocycles. The van der Waals surface area contributed by atoms with Crippen LogP contribution in [-0.2, 0) is 16.1 Å². The van der Waals surface area contributed by atoms with E-state index in [4.69, 9.17) is 0 Å². The molecule has 2 aliphatic heterocycles. The maximum Gasteiger partial charge on any atom is 0.249 e. The van der Waals surface area contributed by atoms with Crippen molar-refractivity contribution in [1.29, 1.82) is 0 Å². The molecule has 2 amide bonds. The Morgan fingerprint density at radius 2 is 1.54 bits per heavy atom. The Labute approximate surface area is 140 Å². The minimum Gasteiger partial charge on any atom is -0.276 e. The lowest BCUT2D eigenvalue weighted by Gasteiger charge is -2.22. The zero-order chi connectivity index (χ0) is 16.7. The summed E-state index contributed by atoms with van der Waals surface area (Å²) in [6.07, 6.45) is 0. The lowest BCUT2D eigenvalue weighted by atomic mass is 9.91. The van der Waals surface area contributed by atoms with Crippen molar-refractivity contribution in [1.82, 2.24) is 15.3 Å². The van der Waals surface area contributed by atoms with E-state index in [1.807, 2.05) is 67.7 Å². The molecule has 24 heavy (non-hydrogen) atoms. The van der Waals surface area contributed by atoms with Crippen LogP contribution in [0.5, 0.6) is 0 Å². The fourth-order valence-corrected chi connectivity index (χ4v) is 3.71. The largest absolute Gasteiger partial charge is 0.276 e. The number of carbonyl (C=O) groups excluding carboxylic acids is 2. The van der Waals surface area contributed by atoms with Crippen molar-refractivity contribution in [3.8, 4) is 0 Å². The number of nitrogens with zero attached hydrogens (tertiary/aromatic N) is 2. The van der Waals surface area contributed by atoms with E-state index < -0.39 is 6.04 Å². The molecule has 0 aliphatic carbocycles. The molecule has 2 fully saturated rings. The average molecular weight is 321 g/mol. The van der Waals surface area contributed by atoms with E-state index in [-0.39, 0.29) is 23.8 Å². The molecule has 5 heteroatoms. The van der Waals surface area contributed by atoms with Crippen molar-refractivity contribution >= 4 is 11.8 Å². The topological polar surface area (TPSA) is 52.7 Å². The van der Waals surface area contributed by atoms with Crippen molar-refractivity contribution in [2.24, 2.45) is 5.92 Å². The lowest BCUT2D eigenvalue weighted by molar-refractivity contribution is -0.142.